The molecule has 4 aromatic rings. The molecule has 2 aromatic carbocycles. The van der Waals surface area contributed by atoms with Crippen LogP contribution in [0.2, 0.25) is 0 Å². The van der Waals surface area contributed by atoms with Crippen LogP contribution in [-0.4, -0.2) is 27.0 Å². The largest absolute Gasteiger partial charge is 0.290 e. The number of nitrogens with one attached hydrogen (secondary N) is 3. The first-order valence-electron chi connectivity index (χ1n) is 8.73. The molecule has 0 atom stereocenters. The topological polar surface area (TPSA) is 117 Å². The fourth-order valence-corrected chi connectivity index (χ4v) is 2.93. The van der Waals surface area contributed by atoms with Crippen molar-refractivity contribution < 1.29 is 9.59 Å². The van der Waals surface area contributed by atoms with Gasteiger partial charge in [0.05, 0.1) is 10.9 Å². The third-order valence-electron chi connectivity index (χ3n) is 4.29. The highest BCUT2D eigenvalue weighted by Gasteiger charge is 2.14. The Balaban J connectivity index is 1.47. The SMILES string of the molecule is O=C(/C=C/c1cccc2cccnc12)NNC(=O)c1n[nH]c(=O)c2ccccc12. The van der Waals surface area contributed by atoms with Gasteiger partial charge in [0.25, 0.3) is 17.4 Å². The average molecular weight is 385 g/mol. The highest BCUT2D eigenvalue weighted by Crippen LogP contribution is 2.17. The van der Waals surface area contributed by atoms with E-state index in [2.05, 4.69) is 26.0 Å². The number of amides is 2. The second-order valence-corrected chi connectivity index (χ2v) is 6.15. The number of rotatable bonds is 3. The molecule has 0 saturated heterocycles. The van der Waals surface area contributed by atoms with Crippen molar-refractivity contribution in [3.05, 3.63) is 88.5 Å². The van der Waals surface area contributed by atoms with Gasteiger partial charge in [-0.05, 0) is 18.2 Å². The number of pyridine rings is 1. The monoisotopic (exact) mass is 385 g/mol. The maximum Gasteiger partial charge on any atom is 0.290 e. The molecule has 0 aliphatic carbocycles. The molecule has 2 aromatic heterocycles. The summed E-state index contributed by atoms with van der Waals surface area (Å²) in [5.74, 6) is -1.17. The van der Waals surface area contributed by atoms with Crippen LogP contribution in [0.15, 0.2) is 71.7 Å². The fourth-order valence-electron chi connectivity index (χ4n) is 2.93. The van der Waals surface area contributed by atoms with Gasteiger partial charge < -0.3 is 0 Å². The predicted molar refractivity (Wildman–Crippen MR) is 109 cm³/mol. The zero-order valence-corrected chi connectivity index (χ0v) is 15.0. The number of aromatic amines is 1. The average Bonchev–Trinajstić information content (AvgIpc) is 2.76. The van der Waals surface area contributed by atoms with E-state index in [1.807, 2.05) is 30.3 Å². The second kappa shape index (κ2) is 7.73. The number of nitrogens with zero attached hydrogens (tertiary/aromatic N) is 2. The molecule has 2 amide bonds. The van der Waals surface area contributed by atoms with Gasteiger partial charge in [-0.15, -0.1) is 0 Å². The van der Waals surface area contributed by atoms with E-state index in [-0.39, 0.29) is 5.69 Å². The summed E-state index contributed by atoms with van der Waals surface area (Å²) in [6, 6.07) is 16.0. The van der Waals surface area contributed by atoms with Crippen LogP contribution in [0, 0.1) is 0 Å². The Hall–Kier alpha value is -4.33. The van der Waals surface area contributed by atoms with E-state index >= 15 is 0 Å². The molecule has 0 saturated carbocycles. The van der Waals surface area contributed by atoms with Crippen LogP contribution in [0.3, 0.4) is 0 Å². The summed E-state index contributed by atoms with van der Waals surface area (Å²) in [4.78, 5) is 40.6. The molecule has 0 unspecified atom stereocenters. The molecule has 8 heteroatoms. The molecule has 0 spiro atoms. The molecule has 3 N–H and O–H groups in total. The van der Waals surface area contributed by atoms with E-state index in [9.17, 15) is 14.4 Å². The minimum Gasteiger partial charge on any atom is -0.268 e. The van der Waals surface area contributed by atoms with Crippen LogP contribution in [0.5, 0.6) is 0 Å². The number of hydrazine groups is 1. The maximum absolute atomic E-state index is 12.4. The summed E-state index contributed by atoms with van der Waals surface area (Å²) in [6.07, 6.45) is 4.59. The van der Waals surface area contributed by atoms with Crippen molar-refractivity contribution in [2.45, 2.75) is 0 Å². The lowest BCUT2D eigenvalue weighted by atomic mass is 10.1. The van der Waals surface area contributed by atoms with Crippen LogP contribution >= 0.6 is 0 Å². The first kappa shape index (κ1) is 18.1. The summed E-state index contributed by atoms with van der Waals surface area (Å²) >= 11 is 0. The number of para-hydroxylation sites is 1. The van der Waals surface area contributed by atoms with Crippen molar-refractivity contribution in [1.29, 1.82) is 0 Å². The summed E-state index contributed by atoms with van der Waals surface area (Å²) in [5.41, 5.74) is 5.75. The van der Waals surface area contributed by atoms with Crippen LogP contribution in [0.1, 0.15) is 16.1 Å². The van der Waals surface area contributed by atoms with Gasteiger partial charge in [-0.3, -0.25) is 30.2 Å². The number of benzene rings is 2. The first-order valence-corrected chi connectivity index (χ1v) is 8.73. The zero-order valence-electron chi connectivity index (χ0n) is 15.0. The Labute approximate surface area is 164 Å². The third kappa shape index (κ3) is 3.72. The molecule has 29 heavy (non-hydrogen) atoms. The third-order valence-corrected chi connectivity index (χ3v) is 4.29. The number of hydrogen-bond donors (Lipinski definition) is 3. The van der Waals surface area contributed by atoms with Gasteiger partial charge in [0, 0.05) is 28.6 Å². The van der Waals surface area contributed by atoms with Gasteiger partial charge in [-0.2, -0.15) is 5.10 Å². The fraction of sp³-hybridized carbons (Fsp3) is 0. The van der Waals surface area contributed by atoms with Crippen molar-refractivity contribution >= 4 is 39.6 Å². The molecule has 0 aliphatic heterocycles. The van der Waals surface area contributed by atoms with Crippen LogP contribution in [0.25, 0.3) is 27.8 Å². The highest BCUT2D eigenvalue weighted by atomic mass is 16.2. The Bertz CT molecular complexity index is 1320. The second-order valence-electron chi connectivity index (χ2n) is 6.15. The Morgan fingerprint density at radius 1 is 0.931 bits per heavy atom. The normalized spacial score (nSPS) is 11.0. The van der Waals surface area contributed by atoms with Crippen molar-refractivity contribution in [2.24, 2.45) is 0 Å². The lowest BCUT2D eigenvalue weighted by Crippen LogP contribution is -2.41. The first-order chi connectivity index (χ1) is 14.1. The van der Waals surface area contributed by atoms with E-state index in [1.165, 1.54) is 6.08 Å². The molecule has 0 radical (unpaired) electrons. The standard InChI is InChI=1S/C21H15N5O3/c27-17(11-10-14-6-3-5-13-7-4-12-22-18(13)14)23-26-21(29)19-15-8-1-2-9-16(15)20(28)25-24-19/h1-12H,(H,23,27)(H,25,28)(H,26,29)/b11-10+. The molecule has 0 bridgehead atoms. The Kier molecular flexibility index (Phi) is 4.81. The molecule has 2 heterocycles. The number of H-pyrrole nitrogens is 1. The summed E-state index contributed by atoms with van der Waals surface area (Å²) in [7, 11) is 0. The summed E-state index contributed by atoms with van der Waals surface area (Å²) in [6.45, 7) is 0. The lowest BCUT2D eigenvalue weighted by molar-refractivity contribution is -0.117. The number of fused-ring (bicyclic) bond motifs is 2. The van der Waals surface area contributed by atoms with Crippen molar-refractivity contribution in [3.63, 3.8) is 0 Å². The van der Waals surface area contributed by atoms with Gasteiger partial charge >= 0.3 is 0 Å². The molecule has 4 rings (SSSR count). The molecule has 0 aliphatic rings. The van der Waals surface area contributed by atoms with Gasteiger partial charge in [0.1, 0.15) is 0 Å². The van der Waals surface area contributed by atoms with Crippen molar-refractivity contribution in [2.75, 3.05) is 0 Å². The Morgan fingerprint density at radius 2 is 1.72 bits per heavy atom. The molecule has 0 fully saturated rings. The smallest absolute Gasteiger partial charge is 0.268 e. The maximum atomic E-state index is 12.4. The zero-order chi connectivity index (χ0) is 20.2. The quantitative estimate of drug-likeness (QED) is 0.368. The molecular formula is C21H15N5O3. The number of aromatic nitrogens is 3. The van der Waals surface area contributed by atoms with E-state index in [4.69, 9.17) is 0 Å². The van der Waals surface area contributed by atoms with Gasteiger partial charge in [-0.1, -0.05) is 42.5 Å². The van der Waals surface area contributed by atoms with Crippen LogP contribution < -0.4 is 16.4 Å². The summed E-state index contributed by atoms with van der Waals surface area (Å²) < 4.78 is 0. The van der Waals surface area contributed by atoms with Gasteiger partial charge in [0.15, 0.2) is 5.69 Å². The van der Waals surface area contributed by atoms with Crippen LogP contribution in [-0.2, 0) is 4.79 Å². The minimum atomic E-state index is -0.647. The number of hydrogen-bond acceptors (Lipinski definition) is 5. The van der Waals surface area contributed by atoms with E-state index in [0.29, 0.717) is 10.8 Å². The van der Waals surface area contributed by atoms with Gasteiger partial charge in [0.2, 0.25) is 0 Å². The lowest BCUT2D eigenvalue weighted by Gasteiger charge is -2.07. The summed E-state index contributed by atoms with van der Waals surface area (Å²) in [5, 5.41) is 7.74. The number of carbonyl (C=O) groups excluding carboxylic acids is 2. The van der Waals surface area contributed by atoms with E-state index in [1.54, 1.807) is 36.5 Å². The Morgan fingerprint density at radius 3 is 2.59 bits per heavy atom. The molecular weight excluding hydrogens is 370 g/mol. The number of carbonyl (C=O) groups is 2. The van der Waals surface area contributed by atoms with Crippen LogP contribution in [0.4, 0.5) is 0 Å². The van der Waals surface area contributed by atoms with Crippen molar-refractivity contribution in [3.8, 4) is 0 Å². The molecule has 8 nitrogen and oxygen atoms in total. The van der Waals surface area contributed by atoms with E-state index in [0.717, 1.165) is 16.5 Å². The minimum absolute atomic E-state index is 0.00253. The van der Waals surface area contributed by atoms with Gasteiger partial charge in [-0.25, -0.2) is 5.10 Å². The molecule has 142 valence electrons. The highest BCUT2D eigenvalue weighted by molar-refractivity contribution is 6.05. The van der Waals surface area contributed by atoms with Crippen molar-refractivity contribution in [1.82, 2.24) is 26.0 Å². The predicted octanol–water partition coefficient (Wildman–Crippen LogP) is 1.95. The van der Waals surface area contributed by atoms with E-state index < -0.39 is 17.4 Å².